The maximum Gasteiger partial charge on any atom is 0.171 e. The molecule has 0 saturated carbocycles. The van der Waals surface area contributed by atoms with Gasteiger partial charge in [-0.1, -0.05) is 30.3 Å². The Morgan fingerprint density at radius 1 is 1.10 bits per heavy atom. The van der Waals surface area contributed by atoms with E-state index in [1.807, 2.05) is 35.7 Å². The van der Waals surface area contributed by atoms with Crippen LogP contribution in [0, 0.1) is 0 Å². The van der Waals surface area contributed by atoms with Crippen LogP contribution in [0.2, 0.25) is 0 Å². The van der Waals surface area contributed by atoms with Crippen LogP contribution in [0.4, 0.5) is 0 Å². The Balaban J connectivity index is 1.77. The summed E-state index contributed by atoms with van der Waals surface area (Å²) < 4.78 is 0. The molecule has 3 nitrogen and oxygen atoms in total. The molecule has 0 radical (unpaired) electrons. The summed E-state index contributed by atoms with van der Waals surface area (Å²) in [6.45, 7) is 0. The van der Waals surface area contributed by atoms with E-state index < -0.39 is 0 Å². The molecular weight excluding hydrogens is 268 g/mol. The molecule has 1 aromatic carbocycles. The lowest BCUT2D eigenvalue weighted by Crippen LogP contribution is -2.03. The van der Waals surface area contributed by atoms with Crippen molar-refractivity contribution in [1.29, 1.82) is 0 Å². The Morgan fingerprint density at radius 3 is 2.70 bits per heavy atom. The minimum atomic E-state index is 0.0482. The summed E-state index contributed by atoms with van der Waals surface area (Å²) in [5.41, 5.74) is 2.62. The van der Waals surface area contributed by atoms with Crippen molar-refractivity contribution in [2.24, 2.45) is 0 Å². The monoisotopic (exact) mass is 280 g/mol. The zero-order chi connectivity index (χ0) is 13.8. The molecule has 2 aromatic heterocycles. The predicted octanol–water partition coefficient (Wildman–Crippen LogP) is 3.63. The highest BCUT2D eigenvalue weighted by Gasteiger charge is 2.11. The fourth-order valence-electron chi connectivity index (χ4n) is 1.90. The van der Waals surface area contributed by atoms with E-state index in [-0.39, 0.29) is 5.78 Å². The number of carbonyl (C=O) groups excluding carboxylic acids is 1. The van der Waals surface area contributed by atoms with Crippen molar-refractivity contribution in [2.75, 3.05) is 0 Å². The summed E-state index contributed by atoms with van der Waals surface area (Å²) in [7, 11) is 0. The summed E-state index contributed by atoms with van der Waals surface area (Å²) in [5.74, 6) is 0.0482. The molecule has 0 fully saturated rings. The summed E-state index contributed by atoms with van der Waals surface area (Å²) in [6.07, 6.45) is 3.57. The van der Waals surface area contributed by atoms with Gasteiger partial charge in [0.05, 0.1) is 12.1 Å². The van der Waals surface area contributed by atoms with Crippen LogP contribution in [0.15, 0.2) is 60.2 Å². The zero-order valence-corrected chi connectivity index (χ0v) is 11.5. The fraction of sp³-hybridized carbons (Fsp3) is 0.0625. The van der Waals surface area contributed by atoms with Gasteiger partial charge >= 0.3 is 0 Å². The van der Waals surface area contributed by atoms with Gasteiger partial charge in [0.2, 0.25) is 0 Å². The van der Waals surface area contributed by atoms with Crippen molar-refractivity contribution in [1.82, 2.24) is 9.97 Å². The minimum absolute atomic E-state index is 0.0482. The standard InChI is InChI=1S/C16H12N2OS/c19-15(13-7-4-8-17-10-13)9-16-18-14(11-20-16)12-5-2-1-3-6-12/h1-8,10-11H,9H2. The Kier molecular flexibility index (Phi) is 3.65. The van der Waals surface area contributed by atoms with Crippen LogP contribution in [-0.2, 0) is 6.42 Å². The van der Waals surface area contributed by atoms with E-state index in [1.54, 1.807) is 24.5 Å². The van der Waals surface area contributed by atoms with Gasteiger partial charge in [0.25, 0.3) is 0 Å². The number of carbonyl (C=O) groups is 1. The maximum absolute atomic E-state index is 12.1. The Hall–Kier alpha value is -2.33. The first-order chi connectivity index (χ1) is 9.83. The van der Waals surface area contributed by atoms with Gasteiger partial charge < -0.3 is 0 Å². The highest BCUT2D eigenvalue weighted by atomic mass is 32.1. The van der Waals surface area contributed by atoms with Crippen LogP contribution in [0.3, 0.4) is 0 Å². The smallest absolute Gasteiger partial charge is 0.171 e. The number of aromatic nitrogens is 2. The number of nitrogens with zero attached hydrogens (tertiary/aromatic N) is 2. The molecule has 2 heterocycles. The minimum Gasteiger partial charge on any atom is -0.294 e. The second-order valence-electron chi connectivity index (χ2n) is 4.33. The van der Waals surface area contributed by atoms with Gasteiger partial charge in [0.15, 0.2) is 5.78 Å². The Labute approximate surface area is 121 Å². The van der Waals surface area contributed by atoms with E-state index in [0.717, 1.165) is 16.3 Å². The van der Waals surface area contributed by atoms with E-state index in [1.165, 1.54) is 11.3 Å². The van der Waals surface area contributed by atoms with E-state index in [2.05, 4.69) is 9.97 Å². The molecule has 3 rings (SSSR count). The third kappa shape index (κ3) is 2.81. The number of benzene rings is 1. The van der Waals surface area contributed by atoms with Gasteiger partial charge in [0.1, 0.15) is 5.01 Å². The number of Topliss-reactive ketones (excluding diaryl/α,β-unsaturated/α-hetero) is 1. The van der Waals surface area contributed by atoms with Gasteiger partial charge in [-0.05, 0) is 12.1 Å². The normalized spacial score (nSPS) is 10.4. The zero-order valence-electron chi connectivity index (χ0n) is 10.7. The van der Waals surface area contributed by atoms with E-state index >= 15 is 0 Å². The number of hydrogen-bond donors (Lipinski definition) is 0. The third-order valence-corrected chi connectivity index (χ3v) is 3.77. The number of ketones is 1. The van der Waals surface area contributed by atoms with Crippen molar-refractivity contribution in [3.05, 3.63) is 70.8 Å². The molecule has 0 atom stereocenters. The van der Waals surface area contributed by atoms with Crippen LogP contribution in [0.1, 0.15) is 15.4 Å². The highest BCUT2D eigenvalue weighted by molar-refractivity contribution is 7.10. The van der Waals surface area contributed by atoms with Gasteiger partial charge in [-0.3, -0.25) is 9.78 Å². The molecule has 0 N–H and O–H groups in total. The van der Waals surface area contributed by atoms with Gasteiger partial charge in [-0.2, -0.15) is 0 Å². The molecule has 0 aliphatic rings. The predicted molar refractivity (Wildman–Crippen MR) is 79.8 cm³/mol. The molecule has 4 heteroatoms. The first-order valence-electron chi connectivity index (χ1n) is 6.26. The Morgan fingerprint density at radius 2 is 1.95 bits per heavy atom. The molecule has 0 spiro atoms. The molecule has 0 saturated heterocycles. The van der Waals surface area contributed by atoms with Crippen LogP contribution in [0.25, 0.3) is 11.3 Å². The second-order valence-corrected chi connectivity index (χ2v) is 5.28. The third-order valence-electron chi connectivity index (χ3n) is 2.92. The lowest BCUT2D eigenvalue weighted by atomic mass is 10.1. The molecule has 0 bridgehead atoms. The van der Waals surface area contributed by atoms with Crippen molar-refractivity contribution in [3.8, 4) is 11.3 Å². The van der Waals surface area contributed by atoms with Crippen LogP contribution in [0.5, 0.6) is 0 Å². The van der Waals surface area contributed by atoms with E-state index in [9.17, 15) is 4.79 Å². The van der Waals surface area contributed by atoms with Crippen molar-refractivity contribution in [2.45, 2.75) is 6.42 Å². The molecular formula is C16H12N2OS. The SMILES string of the molecule is O=C(Cc1nc(-c2ccccc2)cs1)c1cccnc1. The first-order valence-corrected chi connectivity index (χ1v) is 7.14. The molecule has 0 unspecified atom stereocenters. The van der Waals surface area contributed by atoms with Gasteiger partial charge in [-0.25, -0.2) is 4.98 Å². The van der Waals surface area contributed by atoms with E-state index in [0.29, 0.717) is 12.0 Å². The van der Waals surface area contributed by atoms with Gasteiger partial charge in [0, 0.05) is 28.9 Å². The number of pyridine rings is 1. The molecule has 0 amide bonds. The average Bonchev–Trinajstić information content (AvgIpc) is 2.97. The Bertz CT molecular complexity index is 708. The first kappa shape index (κ1) is 12.7. The number of hydrogen-bond acceptors (Lipinski definition) is 4. The highest BCUT2D eigenvalue weighted by Crippen LogP contribution is 2.22. The quantitative estimate of drug-likeness (QED) is 0.685. The van der Waals surface area contributed by atoms with Crippen molar-refractivity contribution >= 4 is 17.1 Å². The summed E-state index contributed by atoms with van der Waals surface area (Å²) >= 11 is 1.52. The molecule has 3 aromatic rings. The van der Waals surface area contributed by atoms with Crippen LogP contribution in [-0.4, -0.2) is 15.8 Å². The van der Waals surface area contributed by atoms with Crippen LogP contribution < -0.4 is 0 Å². The van der Waals surface area contributed by atoms with Crippen molar-refractivity contribution in [3.63, 3.8) is 0 Å². The lowest BCUT2D eigenvalue weighted by molar-refractivity contribution is 0.0992. The number of rotatable bonds is 4. The molecule has 0 aliphatic carbocycles. The summed E-state index contributed by atoms with van der Waals surface area (Å²) in [6, 6.07) is 13.5. The molecule has 98 valence electrons. The van der Waals surface area contributed by atoms with Gasteiger partial charge in [-0.15, -0.1) is 11.3 Å². The fourth-order valence-corrected chi connectivity index (χ4v) is 2.70. The van der Waals surface area contributed by atoms with E-state index in [4.69, 9.17) is 0 Å². The summed E-state index contributed by atoms with van der Waals surface area (Å²) in [4.78, 5) is 20.6. The number of thiazole rings is 1. The second kappa shape index (κ2) is 5.75. The lowest BCUT2D eigenvalue weighted by Gasteiger charge is -1.97. The molecule has 0 aliphatic heterocycles. The average molecular weight is 280 g/mol. The maximum atomic E-state index is 12.1. The molecule has 20 heavy (non-hydrogen) atoms. The summed E-state index contributed by atoms with van der Waals surface area (Å²) in [5, 5.41) is 2.82. The largest absolute Gasteiger partial charge is 0.294 e. The van der Waals surface area contributed by atoms with Crippen molar-refractivity contribution < 1.29 is 4.79 Å². The van der Waals surface area contributed by atoms with Crippen LogP contribution >= 0.6 is 11.3 Å². The topological polar surface area (TPSA) is 42.9 Å².